The highest BCUT2D eigenvalue weighted by Crippen LogP contribution is 2.30. The van der Waals surface area contributed by atoms with Crippen LogP contribution in [0, 0.1) is 0 Å². The van der Waals surface area contributed by atoms with Crippen molar-refractivity contribution in [2.75, 3.05) is 0 Å². The Balaban J connectivity index is 2.14. The molecule has 1 amide bonds. The largest absolute Gasteiger partial charge is 0.416 e. The quantitative estimate of drug-likeness (QED) is 0.940. The molecule has 1 aromatic heterocycles. The van der Waals surface area contributed by atoms with Gasteiger partial charge in [-0.1, -0.05) is 18.2 Å². The van der Waals surface area contributed by atoms with E-state index in [9.17, 15) is 18.0 Å². The first-order valence-corrected chi connectivity index (χ1v) is 6.27. The van der Waals surface area contributed by atoms with Gasteiger partial charge in [0, 0.05) is 6.20 Å². The molecule has 0 bridgehead atoms. The van der Waals surface area contributed by atoms with Crippen LogP contribution in [0.25, 0.3) is 0 Å². The molecule has 0 saturated heterocycles. The van der Waals surface area contributed by atoms with E-state index >= 15 is 0 Å². The number of hydrogen-bond acceptors (Lipinski definition) is 2. The molecule has 6 heteroatoms. The highest BCUT2D eigenvalue weighted by molar-refractivity contribution is 5.92. The molecule has 0 aliphatic carbocycles. The lowest BCUT2D eigenvalue weighted by Crippen LogP contribution is -2.27. The third-order valence-electron chi connectivity index (χ3n) is 2.96. The molecule has 2 aromatic rings. The summed E-state index contributed by atoms with van der Waals surface area (Å²) in [6.45, 7) is 1.62. The smallest absolute Gasteiger partial charge is 0.344 e. The van der Waals surface area contributed by atoms with E-state index in [-0.39, 0.29) is 5.69 Å². The third kappa shape index (κ3) is 3.81. The van der Waals surface area contributed by atoms with Gasteiger partial charge in [-0.15, -0.1) is 0 Å². The molecule has 1 aromatic carbocycles. The molecule has 1 atom stereocenters. The molecule has 0 fully saturated rings. The van der Waals surface area contributed by atoms with E-state index in [0.29, 0.717) is 5.56 Å². The number of rotatable bonds is 3. The van der Waals surface area contributed by atoms with Crippen molar-refractivity contribution in [3.8, 4) is 0 Å². The van der Waals surface area contributed by atoms with Gasteiger partial charge in [0.05, 0.1) is 11.6 Å². The van der Waals surface area contributed by atoms with E-state index in [1.165, 1.54) is 18.3 Å². The van der Waals surface area contributed by atoms with Crippen molar-refractivity contribution in [1.82, 2.24) is 10.3 Å². The molecular weight excluding hydrogens is 281 g/mol. The fraction of sp³-hybridized carbons (Fsp3) is 0.200. The van der Waals surface area contributed by atoms with Gasteiger partial charge in [0.2, 0.25) is 0 Å². The van der Waals surface area contributed by atoms with Crippen LogP contribution in [0.3, 0.4) is 0 Å². The molecule has 0 saturated carbocycles. The van der Waals surface area contributed by atoms with E-state index < -0.39 is 23.7 Å². The summed E-state index contributed by atoms with van der Waals surface area (Å²) in [5, 5.41) is 2.62. The number of alkyl halides is 3. The second-order valence-corrected chi connectivity index (χ2v) is 4.53. The zero-order chi connectivity index (χ0) is 15.5. The molecule has 1 heterocycles. The standard InChI is InChI=1S/C15H13F3N2O/c1-10(20-14(21)13-7-2-3-8-19-13)11-5-4-6-12(9-11)15(16,17)18/h2-10H,1H3,(H,20,21)/t10-/m0/s1. The average Bonchev–Trinajstić information content (AvgIpc) is 2.47. The van der Waals surface area contributed by atoms with E-state index in [1.54, 1.807) is 25.1 Å². The Morgan fingerprint density at radius 1 is 1.19 bits per heavy atom. The number of carbonyl (C=O) groups excluding carboxylic acids is 1. The summed E-state index contributed by atoms with van der Waals surface area (Å²) >= 11 is 0. The first-order chi connectivity index (χ1) is 9.88. The maximum absolute atomic E-state index is 12.7. The molecule has 110 valence electrons. The van der Waals surface area contributed by atoms with Gasteiger partial charge in [-0.05, 0) is 36.8 Å². The van der Waals surface area contributed by atoms with Crippen molar-refractivity contribution in [3.63, 3.8) is 0 Å². The van der Waals surface area contributed by atoms with Gasteiger partial charge in [0.25, 0.3) is 5.91 Å². The van der Waals surface area contributed by atoms with Gasteiger partial charge in [-0.3, -0.25) is 9.78 Å². The van der Waals surface area contributed by atoms with Gasteiger partial charge in [0.15, 0.2) is 0 Å². The summed E-state index contributed by atoms with van der Waals surface area (Å²) in [4.78, 5) is 15.8. The molecule has 2 rings (SSSR count). The van der Waals surface area contributed by atoms with Crippen LogP contribution in [0.4, 0.5) is 13.2 Å². The fourth-order valence-corrected chi connectivity index (χ4v) is 1.84. The van der Waals surface area contributed by atoms with Crippen molar-refractivity contribution >= 4 is 5.91 Å². The number of hydrogen-bond donors (Lipinski definition) is 1. The molecule has 0 aliphatic heterocycles. The van der Waals surface area contributed by atoms with E-state index in [1.807, 2.05) is 0 Å². The van der Waals surface area contributed by atoms with Crippen LogP contribution < -0.4 is 5.32 Å². The Morgan fingerprint density at radius 2 is 1.95 bits per heavy atom. The molecule has 3 nitrogen and oxygen atoms in total. The van der Waals surface area contributed by atoms with Gasteiger partial charge >= 0.3 is 6.18 Å². The van der Waals surface area contributed by atoms with Gasteiger partial charge in [-0.25, -0.2) is 0 Å². The lowest BCUT2D eigenvalue weighted by molar-refractivity contribution is -0.137. The maximum atomic E-state index is 12.7. The van der Waals surface area contributed by atoms with Crippen LogP contribution in [0.1, 0.15) is 34.6 Å². The number of halogens is 3. The van der Waals surface area contributed by atoms with Crippen LogP contribution in [0.15, 0.2) is 48.7 Å². The van der Waals surface area contributed by atoms with Gasteiger partial charge in [-0.2, -0.15) is 13.2 Å². The lowest BCUT2D eigenvalue weighted by Gasteiger charge is -2.16. The first-order valence-electron chi connectivity index (χ1n) is 6.27. The first kappa shape index (κ1) is 15.0. The van der Waals surface area contributed by atoms with Crippen LogP contribution in [-0.4, -0.2) is 10.9 Å². The van der Waals surface area contributed by atoms with Crippen LogP contribution >= 0.6 is 0 Å². The summed E-state index contributed by atoms with van der Waals surface area (Å²) < 4.78 is 38.0. The Labute approximate surface area is 119 Å². The summed E-state index contributed by atoms with van der Waals surface area (Å²) in [6.07, 6.45) is -2.93. The Morgan fingerprint density at radius 3 is 2.57 bits per heavy atom. The number of benzene rings is 1. The third-order valence-corrected chi connectivity index (χ3v) is 2.96. The highest BCUT2D eigenvalue weighted by atomic mass is 19.4. The predicted molar refractivity (Wildman–Crippen MR) is 71.6 cm³/mol. The van der Waals surface area contributed by atoms with Crippen LogP contribution in [0.5, 0.6) is 0 Å². The Hall–Kier alpha value is -2.37. The van der Waals surface area contributed by atoms with Crippen molar-refractivity contribution in [2.45, 2.75) is 19.1 Å². The molecule has 0 spiro atoms. The topological polar surface area (TPSA) is 42.0 Å². The highest BCUT2D eigenvalue weighted by Gasteiger charge is 2.30. The van der Waals surface area contributed by atoms with Crippen molar-refractivity contribution in [3.05, 3.63) is 65.5 Å². The molecule has 1 N–H and O–H groups in total. The molecule has 0 unspecified atom stereocenters. The summed E-state index contributed by atoms with van der Waals surface area (Å²) in [5.74, 6) is -0.430. The number of nitrogens with one attached hydrogen (secondary N) is 1. The van der Waals surface area contributed by atoms with Gasteiger partial charge in [0.1, 0.15) is 5.69 Å². The minimum Gasteiger partial charge on any atom is -0.344 e. The normalized spacial score (nSPS) is 12.8. The summed E-state index contributed by atoms with van der Waals surface area (Å²) in [5.41, 5.74) is -0.135. The van der Waals surface area contributed by atoms with E-state index in [4.69, 9.17) is 0 Å². The number of aromatic nitrogens is 1. The molecular formula is C15H13F3N2O. The SMILES string of the molecule is C[C@H](NC(=O)c1ccccn1)c1cccc(C(F)(F)F)c1. The minimum atomic E-state index is -4.40. The van der Waals surface area contributed by atoms with E-state index in [0.717, 1.165) is 12.1 Å². The maximum Gasteiger partial charge on any atom is 0.416 e. The lowest BCUT2D eigenvalue weighted by atomic mass is 10.0. The second kappa shape index (κ2) is 5.95. The monoisotopic (exact) mass is 294 g/mol. The molecule has 0 aliphatic rings. The second-order valence-electron chi connectivity index (χ2n) is 4.53. The van der Waals surface area contributed by atoms with Gasteiger partial charge < -0.3 is 5.32 Å². The fourth-order valence-electron chi connectivity index (χ4n) is 1.84. The summed E-state index contributed by atoms with van der Waals surface area (Å²) in [6, 6.07) is 9.21. The zero-order valence-corrected chi connectivity index (χ0v) is 11.2. The zero-order valence-electron chi connectivity index (χ0n) is 11.2. The number of pyridine rings is 1. The Kier molecular flexibility index (Phi) is 4.26. The molecule has 0 radical (unpaired) electrons. The predicted octanol–water partition coefficient (Wildman–Crippen LogP) is 3.59. The number of carbonyl (C=O) groups is 1. The number of amides is 1. The minimum absolute atomic E-state index is 0.219. The van der Waals surface area contributed by atoms with Crippen molar-refractivity contribution in [2.24, 2.45) is 0 Å². The van der Waals surface area contributed by atoms with Crippen molar-refractivity contribution < 1.29 is 18.0 Å². The van der Waals surface area contributed by atoms with Crippen molar-refractivity contribution in [1.29, 1.82) is 0 Å². The molecule has 21 heavy (non-hydrogen) atoms. The van der Waals surface area contributed by atoms with Crippen LogP contribution in [0.2, 0.25) is 0 Å². The Bertz CT molecular complexity index is 626. The van der Waals surface area contributed by atoms with Crippen LogP contribution in [-0.2, 0) is 6.18 Å². The van der Waals surface area contributed by atoms with E-state index in [2.05, 4.69) is 10.3 Å². The number of nitrogens with zero attached hydrogens (tertiary/aromatic N) is 1. The summed E-state index contributed by atoms with van der Waals surface area (Å²) in [7, 11) is 0. The average molecular weight is 294 g/mol.